The molecule has 0 unspecified atom stereocenters. The zero-order chi connectivity index (χ0) is 21.3. The number of hydrogen-bond acceptors (Lipinski definition) is 5. The summed E-state index contributed by atoms with van der Waals surface area (Å²) in [4.78, 5) is 38.6. The van der Waals surface area contributed by atoms with Gasteiger partial charge in [-0.15, -0.1) is 11.8 Å². The molecule has 3 rings (SSSR count). The molecule has 2 N–H and O–H groups in total. The summed E-state index contributed by atoms with van der Waals surface area (Å²) in [6.45, 7) is 2.28. The highest BCUT2D eigenvalue weighted by atomic mass is 35.5. The molecule has 3 amide bonds. The Labute approximate surface area is 184 Å². The number of para-hydroxylation sites is 2. The third-order valence-corrected chi connectivity index (χ3v) is 5.55. The van der Waals surface area contributed by atoms with Crippen LogP contribution in [0.15, 0.2) is 48.5 Å². The number of ether oxygens (including phenoxy) is 1. The Bertz CT molecular complexity index is 901. The average molecular weight is 448 g/mol. The predicted molar refractivity (Wildman–Crippen MR) is 119 cm³/mol. The molecule has 1 heterocycles. The zero-order valence-corrected chi connectivity index (χ0v) is 17.8. The molecule has 0 radical (unpaired) electrons. The number of carbonyl (C=O) groups excluding carboxylic acids is 3. The first-order valence-electron chi connectivity index (χ1n) is 9.42. The Kier molecular flexibility index (Phi) is 8.12. The predicted octanol–water partition coefficient (Wildman–Crippen LogP) is 3.12. The van der Waals surface area contributed by atoms with Crippen molar-refractivity contribution in [2.75, 3.05) is 48.4 Å². The van der Waals surface area contributed by atoms with Gasteiger partial charge in [0, 0.05) is 23.7 Å². The summed E-state index contributed by atoms with van der Waals surface area (Å²) in [7, 11) is 0. The van der Waals surface area contributed by atoms with Crippen LogP contribution < -0.4 is 10.6 Å². The first-order chi connectivity index (χ1) is 14.5. The Morgan fingerprint density at radius 2 is 1.57 bits per heavy atom. The van der Waals surface area contributed by atoms with Crippen molar-refractivity contribution in [1.29, 1.82) is 0 Å². The van der Waals surface area contributed by atoms with Crippen molar-refractivity contribution in [2.45, 2.75) is 0 Å². The van der Waals surface area contributed by atoms with Gasteiger partial charge in [-0.3, -0.25) is 14.4 Å². The van der Waals surface area contributed by atoms with Crippen LogP contribution in [0.3, 0.4) is 0 Å². The molecule has 0 bridgehead atoms. The summed E-state index contributed by atoms with van der Waals surface area (Å²) in [5, 5.41) is 6.13. The van der Waals surface area contributed by atoms with Crippen molar-refractivity contribution in [1.82, 2.24) is 4.90 Å². The van der Waals surface area contributed by atoms with Gasteiger partial charge in [0.05, 0.1) is 36.1 Å². The molecular formula is C21H22ClN3O4S. The summed E-state index contributed by atoms with van der Waals surface area (Å²) >= 11 is 7.11. The molecule has 0 aliphatic carbocycles. The molecule has 0 atom stereocenters. The van der Waals surface area contributed by atoms with Crippen molar-refractivity contribution in [3.05, 3.63) is 59.1 Å². The van der Waals surface area contributed by atoms with Gasteiger partial charge in [-0.1, -0.05) is 23.7 Å². The van der Waals surface area contributed by atoms with Gasteiger partial charge in [0.15, 0.2) is 0 Å². The molecular weight excluding hydrogens is 426 g/mol. The van der Waals surface area contributed by atoms with Gasteiger partial charge in [-0.25, -0.2) is 0 Å². The number of nitrogens with one attached hydrogen (secondary N) is 2. The van der Waals surface area contributed by atoms with Crippen molar-refractivity contribution in [2.24, 2.45) is 0 Å². The topological polar surface area (TPSA) is 87.7 Å². The average Bonchev–Trinajstić information content (AvgIpc) is 2.76. The summed E-state index contributed by atoms with van der Waals surface area (Å²) in [6.07, 6.45) is 0. The smallest absolute Gasteiger partial charge is 0.255 e. The lowest BCUT2D eigenvalue weighted by Crippen LogP contribution is -2.41. The van der Waals surface area contributed by atoms with E-state index in [-0.39, 0.29) is 29.2 Å². The van der Waals surface area contributed by atoms with Gasteiger partial charge in [0.25, 0.3) is 5.91 Å². The second-order valence-electron chi connectivity index (χ2n) is 6.54. The summed E-state index contributed by atoms with van der Waals surface area (Å²) in [5.41, 5.74) is 1.43. The highest BCUT2D eigenvalue weighted by Gasteiger charge is 2.17. The van der Waals surface area contributed by atoms with Crippen molar-refractivity contribution in [3.63, 3.8) is 0 Å². The maximum Gasteiger partial charge on any atom is 0.255 e. The number of halogens is 1. The van der Waals surface area contributed by atoms with E-state index in [2.05, 4.69) is 10.6 Å². The largest absolute Gasteiger partial charge is 0.378 e. The second kappa shape index (κ2) is 11.0. The number of hydrogen-bond donors (Lipinski definition) is 2. The number of carbonyl (C=O) groups is 3. The number of amides is 3. The van der Waals surface area contributed by atoms with Crippen molar-refractivity contribution >= 4 is 52.5 Å². The Balaban J connectivity index is 1.51. The van der Waals surface area contributed by atoms with E-state index >= 15 is 0 Å². The quantitative estimate of drug-likeness (QED) is 0.680. The van der Waals surface area contributed by atoms with Crippen LogP contribution in [-0.2, 0) is 14.3 Å². The number of nitrogens with zero attached hydrogens (tertiary/aromatic N) is 1. The molecule has 158 valence electrons. The van der Waals surface area contributed by atoms with Gasteiger partial charge in [-0.05, 0) is 36.4 Å². The Hall–Kier alpha value is -2.55. The minimum absolute atomic E-state index is 0.00623. The Morgan fingerprint density at radius 3 is 2.23 bits per heavy atom. The fourth-order valence-electron chi connectivity index (χ4n) is 2.82. The second-order valence-corrected chi connectivity index (χ2v) is 7.96. The van der Waals surface area contributed by atoms with Gasteiger partial charge in [0.2, 0.25) is 11.8 Å². The van der Waals surface area contributed by atoms with E-state index in [1.165, 1.54) is 11.8 Å². The zero-order valence-electron chi connectivity index (χ0n) is 16.2. The fourth-order valence-corrected chi connectivity index (χ4v) is 3.66. The van der Waals surface area contributed by atoms with Crippen molar-refractivity contribution < 1.29 is 19.1 Å². The number of morpholine rings is 1. The Morgan fingerprint density at radius 1 is 0.933 bits per heavy atom. The van der Waals surface area contributed by atoms with Crippen LogP contribution in [0.2, 0.25) is 5.02 Å². The van der Waals surface area contributed by atoms with Gasteiger partial charge >= 0.3 is 0 Å². The van der Waals surface area contributed by atoms with E-state index in [1.807, 2.05) is 0 Å². The SMILES string of the molecule is O=C(CSCC(=O)N1CCOCC1)Nc1ccccc1NC(=O)c1ccc(Cl)cc1. The molecule has 2 aromatic carbocycles. The molecule has 0 spiro atoms. The minimum Gasteiger partial charge on any atom is -0.378 e. The summed E-state index contributed by atoms with van der Waals surface area (Å²) in [6, 6.07) is 13.5. The van der Waals surface area contributed by atoms with Crippen LogP contribution in [0.5, 0.6) is 0 Å². The van der Waals surface area contributed by atoms with E-state index in [1.54, 1.807) is 53.4 Å². The lowest BCUT2D eigenvalue weighted by molar-refractivity contribution is -0.132. The van der Waals surface area contributed by atoms with Crippen LogP contribution in [0.4, 0.5) is 11.4 Å². The lowest BCUT2D eigenvalue weighted by Gasteiger charge is -2.26. The molecule has 9 heteroatoms. The number of benzene rings is 2. The fraction of sp³-hybridized carbons (Fsp3) is 0.286. The number of rotatable bonds is 7. The van der Waals surface area contributed by atoms with E-state index in [9.17, 15) is 14.4 Å². The molecule has 1 saturated heterocycles. The van der Waals surface area contributed by atoms with Crippen molar-refractivity contribution in [3.8, 4) is 0 Å². The molecule has 1 fully saturated rings. The lowest BCUT2D eigenvalue weighted by atomic mass is 10.2. The molecule has 1 aliphatic rings. The highest BCUT2D eigenvalue weighted by molar-refractivity contribution is 8.00. The molecule has 0 saturated carbocycles. The summed E-state index contributed by atoms with van der Waals surface area (Å²) in [5.74, 6) is -0.175. The van der Waals surface area contributed by atoms with Crippen LogP contribution >= 0.6 is 23.4 Å². The van der Waals surface area contributed by atoms with E-state index in [0.717, 1.165) is 0 Å². The van der Waals surface area contributed by atoms with E-state index in [0.29, 0.717) is 48.3 Å². The first-order valence-corrected chi connectivity index (χ1v) is 11.0. The van der Waals surface area contributed by atoms with Gasteiger partial charge in [0.1, 0.15) is 0 Å². The van der Waals surface area contributed by atoms with Crippen LogP contribution in [0.1, 0.15) is 10.4 Å². The third kappa shape index (κ3) is 6.48. The maximum absolute atomic E-state index is 12.4. The molecule has 30 heavy (non-hydrogen) atoms. The van der Waals surface area contributed by atoms with Gasteiger partial charge in [-0.2, -0.15) is 0 Å². The molecule has 1 aliphatic heterocycles. The molecule has 0 aromatic heterocycles. The standard InChI is InChI=1S/C21H22ClN3O4S/c22-16-7-5-15(6-8-16)21(28)24-18-4-2-1-3-17(18)23-19(26)13-30-14-20(27)25-9-11-29-12-10-25/h1-8H,9-14H2,(H,23,26)(H,24,28). The van der Waals surface area contributed by atoms with Crippen LogP contribution in [0.25, 0.3) is 0 Å². The van der Waals surface area contributed by atoms with Crippen LogP contribution in [0, 0.1) is 0 Å². The maximum atomic E-state index is 12.4. The monoisotopic (exact) mass is 447 g/mol. The minimum atomic E-state index is -0.307. The van der Waals surface area contributed by atoms with E-state index < -0.39 is 0 Å². The van der Waals surface area contributed by atoms with Crippen LogP contribution in [-0.4, -0.2) is 60.4 Å². The molecule has 7 nitrogen and oxygen atoms in total. The number of thioether (sulfide) groups is 1. The number of anilines is 2. The highest BCUT2D eigenvalue weighted by Crippen LogP contribution is 2.22. The molecule has 2 aromatic rings. The summed E-state index contributed by atoms with van der Waals surface area (Å²) < 4.78 is 5.23. The third-order valence-electron chi connectivity index (χ3n) is 4.38. The van der Waals surface area contributed by atoms with Gasteiger partial charge < -0.3 is 20.3 Å². The first kappa shape index (κ1) is 22.1. The van der Waals surface area contributed by atoms with E-state index in [4.69, 9.17) is 16.3 Å². The normalized spacial score (nSPS) is 13.6.